The molecule has 0 aromatic heterocycles. The first-order valence-electron chi connectivity index (χ1n) is 8.85. The quantitative estimate of drug-likeness (QED) is 0.924. The fourth-order valence-corrected chi connectivity index (χ4v) is 3.89. The van der Waals surface area contributed by atoms with E-state index in [4.69, 9.17) is 0 Å². The first kappa shape index (κ1) is 15.4. The molecule has 0 spiro atoms. The molecule has 3 heteroatoms. The van der Waals surface area contributed by atoms with Gasteiger partial charge in [-0.1, -0.05) is 37.5 Å². The number of hydrogen-bond acceptors (Lipinski definition) is 2. The number of para-hydroxylation sites is 1. The van der Waals surface area contributed by atoms with Crippen LogP contribution >= 0.6 is 0 Å². The average molecular weight is 300 g/mol. The monoisotopic (exact) mass is 300 g/mol. The highest BCUT2D eigenvalue weighted by Crippen LogP contribution is 2.26. The van der Waals surface area contributed by atoms with Crippen LogP contribution in [0, 0.1) is 12.8 Å². The molecule has 1 atom stereocenters. The second-order valence-electron chi connectivity index (χ2n) is 6.92. The molecule has 1 aromatic rings. The van der Waals surface area contributed by atoms with Crippen LogP contribution in [0.15, 0.2) is 24.3 Å². The Balaban J connectivity index is 1.60. The third kappa shape index (κ3) is 3.63. The van der Waals surface area contributed by atoms with E-state index in [1.807, 2.05) is 0 Å². The second-order valence-corrected chi connectivity index (χ2v) is 6.92. The summed E-state index contributed by atoms with van der Waals surface area (Å²) in [4.78, 5) is 15.0. The van der Waals surface area contributed by atoms with Gasteiger partial charge in [0.2, 0.25) is 5.91 Å². The van der Waals surface area contributed by atoms with Gasteiger partial charge in [-0.25, -0.2) is 0 Å². The molecule has 2 fully saturated rings. The van der Waals surface area contributed by atoms with Gasteiger partial charge in [0.15, 0.2) is 0 Å². The maximum atomic E-state index is 12.6. The van der Waals surface area contributed by atoms with E-state index in [2.05, 4.69) is 41.4 Å². The average Bonchev–Trinajstić information content (AvgIpc) is 2.56. The molecule has 120 valence electrons. The van der Waals surface area contributed by atoms with Crippen LogP contribution in [0.4, 0.5) is 5.69 Å². The summed E-state index contributed by atoms with van der Waals surface area (Å²) in [6.07, 6.45) is 8.34. The number of hydrogen-bond donors (Lipinski definition) is 1. The molecule has 1 aliphatic carbocycles. The fourth-order valence-electron chi connectivity index (χ4n) is 3.89. The van der Waals surface area contributed by atoms with Gasteiger partial charge >= 0.3 is 0 Å². The minimum Gasteiger partial charge on any atom is -0.371 e. The van der Waals surface area contributed by atoms with Crippen molar-refractivity contribution in [2.45, 2.75) is 57.9 Å². The molecule has 3 rings (SSSR count). The lowest BCUT2D eigenvalue weighted by molar-refractivity contribution is -0.126. The number of carbonyl (C=O) groups is 1. The largest absolute Gasteiger partial charge is 0.371 e. The predicted molar refractivity (Wildman–Crippen MR) is 91.1 cm³/mol. The van der Waals surface area contributed by atoms with Crippen molar-refractivity contribution in [1.82, 2.24) is 5.32 Å². The van der Waals surface area contributed by atoms with E-state index < -0.39 is 0 Å². The van der Waals surface area contributed by atoms with Crippen LogP contribution in [0.3, 0.4) is 0 Å². The molecule has 22 heavy (non-hydrogen) atoms. The summed E-state index contributed by atoms with van der Waals surface area (Å²) in [6, 6.07) is 8.93. The number of aryl methyl sites for hydroxylation is 1. The van der Waals surface area contributed by atoms with Crippen LogP contribution in [0.2, 0.25) is 0 Å². The van der Waals surface area contributed by atoms with Gasteiger partial charge in [-0.05, 0) is 44.2 Å². The van der Waals surface area contributed by atoms with Gasteiger partial charge in [0.25, 0.3) is 0 Å². The normalized spacial score (nSPS) is 23.3. The Kier molecular flexibility index (Phi) is 5.01. The number of anilines is 1. The van der Waals surface area contributed by atoms with Gasteiger partial charge < -0.3 is 10.2 Å². The molecule has 1 saturated heterocycles. The van der Waals surface area contributed by atoms with Gasteiger partial charge in [-0.3, -0.25) is 4.79 Å². The smallest absolute Gasteiger partial charge is 0.225 e. The summed E-state index contributed by atoms with van der Waals surface area (Å²) in [5.74, 6) is 0.431. The molecule has 2 aliphatic rings. The van der Waals surface area contributed by atoms with E-state index in [1.54, 1.807) is 0 Å². The number of nitrogens with zero attached hydrogens (tertiary/aromatic N) is 1. The third-order valence-corrected chi connectivity index (χ3v) is 5.20. The summed E-state index contributed by atoms with van der Waals surface area (Å²) < 4.78 is 0. The first-order chi connectivity index (χ1) is 10.7. The van der Waals surface area contributed by atoms with Crippen molar-refractivity contribution >= 4 is 11.6 Å². The Morgan fingerprint density at radius 1 is 1.09 bits per heavy atom. The summed E-state index contributed by atoms with van der Waals surface area (Å²) in [7, 11) is 0. The molecule has 1 heterocycles. The molecule has 3 nitrogen and oxygen atoms in total. The zero-order chi connectivity index (χ0) is 15.4. The Morgan fingerprint density at radius 3 is 2.64 bits per heavy atom. The van der Waals surface area contributed by atoms with Crippen molar-refractivity contribution in [3.8, 4) is 0 Å². The lowest BCUT2D eigenvalue weighted by Crippen LogP contribution is -2.46. The standard InChI is InChI=1S/C19H28N2O/c1-15-8-5-6-12-18(15)21-13-7-9-16(14-21)19(22)20-17-10-3-2-4-11-17/h5-6,8,12,16-17H,2-4,7,9-11,13-14H2,1H3,(H,20,22). The zero-order valence-corrected chi connectivity index (χ0v) is 13.7. The van der Waals surface area contributed by atoms with Crippen molar-refractivity contribution in [3.05, 3.63) is 29.8 Å². The molecule has 1 unspecified atom stereocenters. The van der Waals surface area contributed by atoms with Crippen molar-refractivity contribution < 1.29 is 4.79 Å². The number of amides is 1. The van der Waals surface area contributed by atoms with Gasteiger partial charge in [-0.15, -0.1) is 0 Å². The predicted octanol–water partition coefficient (Wildman–Crippen LogP) is 3.66. The Bertz CT molecular complexity index is 508. The van der Waals surface area contributed by atoms with E-state index in [-0.39, 0.29) is 11.8 Å². The molecule has 0 bridgehead atoms. The molecule has 1 aliphatic heterocycles. The Hall–Kier alpha value is -1.51. The SMILES string of the molecule is Cc1ccccc1N1CCCC(C(=O)NC2CCCCC2)C1. The van der Waals surface area contributed by atoms with Gasteiger partial charge in [0, 0.05) is 24.8 Å². The van der Waals surface area contributed by atoms with E-state index in [1.165, 1.54) is 43.4 Å². The molecule has 1 N–H and O–H groups in total. The highest BCUT2D eigenvalue weighted by atomic mass is 16.2. The molecule has 1 saturated carbocycles. The minimum atomic E-state index is 0.148. The summed E-state index contributed by atoms with van der Waals surface area (Å²) >= 11 is 0. The topological polar surface area (TPSA) is 32.3 Å². The van der Waals surface area contributed by atoms with Crippen LogP contribution in [-0.2, 0) is 4.79 Å². The lowest BCUT2D eigenvalue weighted by Gasteiger charge is -2.35. The summed E-state index contributed by atoms with van der Waals surface area (Å²) in [5, 5.41) is 3.31. The Morgan fingerprint density at radius 2 is 1.86 bits per heavy atom. The maximum Gasteiger partial charge on any atom is 0.225 e. The number of carbonyl (C=O) groups excluding carboxylic acids is 1. The lowest BCUT2D eigenvalue weighted by atomic mass is 9.92. The molecule has 1 aromatic carbocycles. The first-order valence-corrected chi connectivity index (χ1v) is 8.85. The van der Waals surface area contributed by atoms with Crippen LogP contribution in [0.1, 0.15) is 50.5 Å². The second kappa shape index (κ2) is 7.17. The van der Waals surface area contributed by atoms with E-state index in [0.717, 1.165) is 25.9 Å². The fraction of sp³-hybridized carbons (Fsp3) is 0.632. The summed E-state index contributed by atoms with van der Waals surface area (Å²) in [5.41, 5.74) is 2.59. The number of nitrogens with one attached hydrogen (secondary N) is 1. The van der Waals surface area contributed by atoms with Crippen LogP contribution < -0.4 is 10.2 Å². The van der Waals surface area contributed by atoms with Crippen LogP contribution in [-0.4, -0.2) is 25.0 Å². The number of benzene rings is 1. The van der Waals surface area contributed by atoms with Crippen LogP contribution in [0.5, 0.6) is 0 Å². The molecule has 1 amide bonds. The third-order valence-electron chi connectivity index (χ3n) is 5.20. The minimum absolute atomic E-state index is 0.148. The van der Waals surface area contributed by atoms with Crippen molar-refractivity contribution in [1.29, 1.82) is 0 Å². The maximum absolute atomic E-state index is 12.6. The van der Waals surface area contributed by atoms with Gasteiger partial charge in [0.1, 0.15) is 0 Å². The number of piperidine rings is 1. The van der Waals surface area contributed by atoms with Gasteiger partial charge in [-0.2, -0.15) is 0 Å². The van der Waals surface area contributed by atoms with Crippen molar-refractivity contribution in [3.63, 3.8) is 0 Å². The van der Waals surface area contributed by atoms with Crippen molar-refractivity contribution in [2.24, 2.45) is 5.92 Å². The molecular weight excluding hydrogens is 272 g/mol. The van der Waals surface area contributed by atoms with Gasteiger partial charge in [0.05, 0.1) is 5.92 Å². The Labute approximate surface area is 134 Å². The molecule has 0 radical (unpaired) electrons. The highest BCUT2D eigenvalue weighted by molar-refractivity contribution is 5.80. The van der Waals surface area contributed by atoms with Crippen molar-refractivity contribution in [2.75, 3.05) is 18.0 Å². The van der Waals surface area contributed by atoms with E-state index in [9.17, 15) is 4.79 Å². The van der Waals surface area contributed by atoms with E-state index >= 15 is 0 Å². The van der Waals surface area contributed by atoms with E-state index in [0.29, 0.717) is 6.04 Å². The zero-order valence-electron chi connectivity index (χ0n) is 13.7. The van der Waals surface area contributed by atoms with Crippen LogP contribution in [0.25, 0.3) is 0 Å². The summed E-state index contributed by atoms with van der Waals surface area (Å²) in [6.45, 7) is 4.09. The number of rotatable bonds is 3. The molecular formula is C19H28N2O. The highest BCUT2D eigenvalue weighted by Gasteiger charge is 2.28.